The van der Waals surface area contributed by atoms with Gasteiger partial charge >= 0.3 is 0 Å². The molecule has 5 nitrogen and oxygen atoms in total. The van der Waals surface area contributed by atoms with Crippen molar-refractivity contribution in [1.82, 2.24) is 9.62 Å². The molecule has 0 radical (unpaired) electrons. The van der Waals surface area contributed by atoms with Gasteiger partial charge in [0, 0.05) is 30.2 Å². The number of sulfonamides is 1. The van der Waals surface area contributed by atoms with E-state index in [1.54, 1.807) is 36.4 Å². The molecule has 0 bridgehead atoms. The summed E-state index contributed by atoms with van der Waals surface area (Å²) in [5.41, 5.74) is 1.29. The molecule has 2 aromatic carbocycles. The zero-order chi connectivity index (χ0) is 19.2. The van der Waals surface area contributed by atoms with Crippen molar-refractivity contribution in [3.8, 4) is 0 Å². The Morgan fingerprint density at radius 1 is 1.08 bits per heavy atom. The summed E-state index contributed by atoms with van der Waals surface area (Å²) in [6.07, 6.45) is 1.58. The van der Waals surface area contributed by atoms with E-state index in [4.69, 9.17) is 11.6 Å². The number of amides is 1. The molecule has 0 spiro atoms. The van der Waals surface area contributed by atoms with Crippen LogP contribution >= 0.6 is 11.6 Å². The van der Waals surface area contributed by atoms with Crippen molar-refractivity contribution in [2.24, 2.45) is 0 Å². The Bertz CT molecular complexity index is 840. The third kappa shape index (κ3) is 6.40. The molecule has 0 aliphatic carbocycles. The number of hydrogen-bond acceptors (Lipinski definition) is 3. The minimum atomic E-state index is -3.42. The summed E-state index contributed by atoms with van der Waals surface area (Å²) in [5.74, 6) is -0.632. The first-order chi connectivity index (χ1) is 12.3. The fourth-order valence-electron chi connectivity index (χ4n) is 2.35. The molecule has 2 rings (SSSR count). The van der Waals surface area contributed by atoms with Crippen molar-refractivity contribution in [2.75, 3.05) is 25.9 Å². The van der Waals surface area contributed by atoms with Gasteiger partial charge in [0.15, 0.2) is 0 Å². The van der Waals surface area contributed by atoms with Gasteiger partial charge in [-0.15, -0.1) is 0 Å². The number of nitrogens with zero attached hydrogens (tertiary/aromatic N) is 1. The van der Waals surface area contributed by atoms with E-state index >= 15 is 0 Å². The van der Waals surface area contributed by atoms with Crippen LogP contribution in [-0.2, 0) is 16.4 Å². The van der Waals surface area contributed by atoms with Crippen molar-refractivity contribution in [3.05, 3.63) is 70.5 Å². The van der Waals surface area contributed by atoms with Crippen molar-refractivity contribution in [1.29, 1.82) is 0 Å². The Hall–Kier alpha value is -1.96. The Morgan fingerprint density at radius 3 is 2.27 bits per heavy atom. The van der Waals surface area contributed by atoms with Crippen LogP contribution in [0.25, 0.3) is 0 Å². The van der Waals surface area contributed by atoms with E-state index in [1.807, 2.05) is 0 Å². The van der Waals surface area contributed by atoms with Crippen LogP contribution in [0.5, 0.6) is 0 Å². The number of hydrogen-bond donors (Lipinski definition) is 1. The summed E-state index contributed by atoms with van der Waals surface area (Å²) in [7, 11) is -3.42. The summed E-state index contributed by atoms with van der Waals surface area (Å²) >= 11 is 5.78. The van der Waals surface area contributed by atoms with Gasteiger partial charge in [0.05, 0.1) is 6.26 Å². The first-order valence-corrected chi connectivity index (χ1v) is 10.2. The third-order valence-electron chi connectivity index (χ3n) is 3.79. The maximum Gasteiger partial charge on any atom is 0.251 e. The molecule has 0 atom stereocenters. The van der Waals surface area contributed by atoms with E-state index in [2.05, 4.69) is 5.32 Å². The lowest BCUT2D eigenvalue weighted by molar-refractivity contribution is 0.0951. The maximum atomic E-state index is 12.9. The maximum absolute atomic E-state index is 12.9. The Morgan fingerprint density at radius 2 is 1.69 bits per heavy atom. The number of rotatable bonds is 8. The summed E-state index contributed by atoms with van der Waals surface area (Å²) in [4.78, 5) is 12.0. The predicted molar refractivity (Wildman–Crippen MR) is 100 cm³/mol. The zero-order valence-electron chi connectivity index (χ0n) is 14.3. The van der Waals surface area contributed by atoms with Crippen molar-refractivity contribution < 1.29 is 17.6 Å². The molecule has 1 N–H and O–H groups in total. The smallest absolute Gasteiger partial charge is 0.251 e. The molecule has 0 aromatic heterocycles. The molecular formula is C18H20ClFN2O3S. The molecule has 0 unspecified atom stereocenters. The van der Waals surface area contributed by atoms with E-state index in [9.17, 15) is 17.6 Å². The van der Waals surface area contributed by atoms with Crippen molar-refractivity contribution >= 4 is 27.5 Å². The van der Waals surface area contributed by atoms with Crippen LogP contribution in [0.3, 0.4) is 0 Å². The SMILES string of the molecule is CS(=O)(=O)N(CCNC(=O)c1ccc(Cl)cc1)CCc1ccc(F)cc1. The van der Waals surface area contributed by atoms with Crippen molar-refractivity contribution in [3.63, 3.8) is 0 Å². The van der Waals surface area contributed by atoms with Crippen LogP contribution in [0.2, 0.25) is 5.02 Å². The highest BCUT2D eigenvalue weighted by Crippen LogP contribution is 2.09. The molecule has 0 heterocycles. The lowest BCUT2D eigenvalue weighted by Crippen LogP contribution is -2.39. The fraction of sp³-hybridized carbons (Fsp3) is 0.278. The van der Waals surface area contributed by atoms with Gasteiger partial charge in [-0.25, -0.2) is 17.1 Å². The summed E-state index contributed by atoms with van der Waals surface area (Å²) in [6, 6.07) is 12.3. The third-order valence-corrected chi connectivity index (χ3v) is 5.34. The number of nitrogens with one attached hydrogen (secondary N) is 1. The lowest BCUT2D eigenvalue weighted by Gasteiger charge is -2.20. The molecule has 26 heavy (non-hydrogen) atoms. The summed E-state index contributed by atoms with van der Waals surface area (Å²) in [5, 5.41) is 3.22. The molecule has 0 fully saturated rings. The van der Waals surface area contributed by atoms with Gasteiger partial charge in [-0.05, 0) is 48.4 Å². The zero-order valence-corrected chi connectivity index (χ0v) is 15.9. The van der Waals surface area contributed by atoms with Gasteiger partial charge in [-0.2, -0.15) is 0 Å². The van der Waals surface area contributed by atoms with Gasteiger partial charge in [0.1, 0.15) is 5.82 Å². The van der Waals surface area contributed by atoms with Gasteiger partial charge in [-0.1, -0.05) is 23.7 Å². The second-order valence-corrected chi connectivity index (χ2v) is 8.22. The molecule has 1 amide bonds. The van der Waals surface area contributed by atoms with E-state index in [-0.39, 0.29) is 31.4 Å². The quantitative estimate of drug-likeness (QED) is 0.743. The van der Waals surface area contributed by atoms with Gasteiger partial charge in [-0.3, -0.25) is 4.79 Å². The number of carbonyl (C=O) groups is 1. The van der Waals surface area contributed by atoms with Gasteiger partial charge in [0.2, 0.25) is 10.0 Å². The largest absolute Gasteiger partial charge is 0.351 e. The molecule has 0 aliphatic rings. The van der Waals surface area contributed by atoms with E-state index in [0.717, 1.165) is 11.8 Å². The van der Waals surface area contributed by atoms with E-state index in [1.165, 1.54) is 16.4 Å². The Labute approximate surface area is 157 Å². The minimum Gasteiger partial charge on any atom is -0.351 e. The number of halogens is 2. The Balaban J connectivity index is 1.88. The molecule has 0 aliphatic heterocycles. The van der Waals surface area contributed by atoms with E-state index in [0.29, 0.717) is 17.0 Å². The van der Waals surface area contributed by atoms with Crippen LogP contribution in [-0.4, -0.2) is 44.5 Å². The molecule has 2 aromatic rings. The molecule has 0 saturated heterocycles. The summed E-state index contributed by atoms with van der Waals surface area (Å²) < 4.78 is 38.1. The average Bonchev–Trinajstić information content (AvgIpc) is 2.58. The molecule has 140 valence electrons. The fourth-order valence-corrected chi connectivity index (χ4v) is 3.32. The Kier molecular flexibility index (Phi) is 7.14. The van der Waals surface area contributed by atoms with Crippen LogP contribution < -0.4 is 5.32 Å². The van der Waals surface area contributed by atoms with Crippen LogP contribution in [0.15, 0.2) is 48.5 Å². The first-order valence-electron chi connectivity index (χ1n) is 7.99. The highest BCUT2D eigenvalue weighted by Gasteiger charge is 2.16. The minimum absolute atomic E-state index is 0.152. The monoisotopic (exact) mass is 398 g/mol. The summed E-state index contributed by atoms with van der Waals surface area (Å²) in [6.45, 7) is 0.582. The van der Waals surface area contributed by atoms with Crippen LogP contribution in [0.1, 0.15) is 15.9 Å². The number of benzene rings is 2. The molecule has 0 saturated carbocycles. The highest BCUT2D eigenvalue weighted by atomic mass is 35.5. The standard InChI is InChI=1S/C18H20ClFN2O3S/c1-26(24,25)22(12-10-14-2-8-17(20)9-3-14)13-11-21-18(23)15-4-6-16(19)7-5-15/h2-9H,10-13H2,1H3,(H,21,23). The average molecular weight is 399 g/mol. The van der Waals surface area contributed by atoms with Crippen LogP contribution in [0, 0.1) is 5.82 Å². The van der Waals surface area contributed by atoms with Gasteiger partial charge in [0.25, 0.3) is 5.91 Å². The topological polar surface area (TPSA) is 66.5 Å². The van der Waals surface area contributed by atoms with Gasteiger partial charge < -0.3 is 5.32 Å². The molecule has 8 heteroatoms. The predicted octanol–water partition coefficient (Wildman–Crippen LogP) is 2.71. The molecular weight excluding hydrogens is 379 g/mol. The highest BCUT2D eigenvalue weighted by molar-refractivity contribution is 7.88. The van der Waals surface area contributed by atoms with Crippen molar-refractivity contribution in [2.45, 2.75) is 6.42 Å². The van der Waals surface area contributed by atoms with E-state index < -0.39 is 10.0 Å². The normalized spacial score (nSPS) is 11.5. The second-order valence-electron chi connectivity index (χ2n) is 5.80. The first kappa shape index (κ1) is 20.4. The second kappa shape index (κ2) is 9.12. The number of carbonyl (C=O) groups excluding carboxylic acids is 1. The van der Waals surface area contributed by atoms with Crippen LogP contribution in [0.4, 0.5) is 4.39 Å². The lowest BCUT2D eigenvalue weighted by atomic mass is 10.1.